The Morgan fingerprint density at radius 1 is 1.13 bits per heavy atom. The van der Waals surface area contributed by atoms with Crippen LogP contribution in [0.15, 0.2) is 53.1 Å². The summed E-state index contributed by atoms with van der Waals surface area (Å²) in [6, 6.07) is 13.5. The Kier molecular flexibility index (Phi) is 4.98. The first-order chi connectivity index (χ1) is 15.1. The van der Waals surface area contributed by atoms with E-state index in [1.165, 1.54) is 0 Å². The minimum Gasteiger partial charge on any atom is -0.494 e. The average molecular weight is 416 g/mol. The number of aromatic nitrogens is 1. The van der Waals surface area contributed by atoms with E-state index in [1.807, 2.05) is 49.4 Å². The van der Waals surface area contributed by atoms with Crippen molar-refractivity contribution in [2.75, 3.05) is 6.61 Å². The second-order valence-electron chi connectivity index (χ2n) is 7.88. The number of amides is 1. The van der Waals surface area contributed by atoms with Crippen LogP contribution in [0.3, 0.4) is 0 Å². The fourth-order valence-corrected chi connectivity index (χ4v) is 3.66. The summed E-state index contributed by atoms with van der Waals surface area (Å²) in [6.45, 7) is 4.56. The van der Waals surface area contributed by atoms with E-state index in [1.54, 1.807) is 6.20 Å². The normalized spacial score (nSPS) is 13.5. The molecule has 2 aromatic heterocycles. The highest BCUT2D eigenvalue weighted by Gasteiger charge is 2.27. The number of benzene rings is 2. The smallest absolute Gasteiger partial charge is 0.255 e. The molecule has 0 aliphatic heterocycles. The molecular weight excluding hydrogens is 392 g/mol. The molecule has 6 heteroatoms. The van der Waals surface area contributed by atoms with E-state index in [0.717, 1.165) is 41.3 Å². The minimum absolute atomic E-state index is 0.0753. The zero-order valence-electron chi connectivity index (χ0n) is 17.6. The quantitative estimate of drug-likeness (QED) is 0.414. The van der Waals surface area contributed by atoms with Gasteiger partial charge < -0.3 is 19.2 Å². The summed E-state index contributed by atoms with van der Waals surface area (Å²) in [4.78, 5) is 17.0. The Hall–Kier alpha value is -3.54. The largest absolute Gasteiger partial charge is 0.494 e. The van der Waals surface area contributed by atoms with E-state index in [9.17, 15) is 4.79 Å². The predicted octanol–water partition coefficient (Wildman–Crippen LogP) is 5.76. The molecule has 4 aromatic rings. The molecule has 0 unspecified atom stereocenters. The van der Waals surface area contributed by atoms with Gasteiger partial charge in [-0.3, -0.25) is 9.78 Å². The molecule has 2 aromatic carbocycles. The van der Waals surface area contributed by atoms with E-state index < -0.39 is 0 Å². The van der Waals surface area contributed by atoms with Crippen molar-refractivity contribution in [3.63, 3.8) is 0 Å². The number of hydrogen-bond donors (Lipinski definition) is 1. The van der Waals surface area contributed by atoms with Gasteiger partial charge >= 0.3 is 0 Å². The third kappa shape index (κ3) is 3.93. The Bertz CT molecular complexity index is 1270. The number of carbonyl (C=O) groups excluding carboxylic acids is 1. The number of furan rings is 1. The number of nitrogens with one attached hydrogen (secondary N) is 1. The topological polar surface area (TPSA) is 73.6 Å². The molecule has 0 radical (unpaired) electrons. The molecule has 6 nitrogen and oxygen atoms in total. The van der Waals surface area contributed by atoms with Crippen LogP contribution in [-0.4, -0.2) is 23.5 Å². The summed E-state index contributed by atoms with van der Waals surface area (Å²) in [5, 5.41) is 4.72. The van der Waals surface area contributed by atoms with Crippen molar-refractivity contribution in [3.05, 3.63) is 60.0 Å². The molecule has 1 aliphatic rings. The molecule has 0 bridgehead atoms. The molecule has 5 rings (SSSR count). The van der Waals surface area contributed by atoms with Gasteiger partial charge in [0, 0.05) is 35.1 Å². The number of pyridine rings is 1. The number of hydrogen-bond acceptors (Lipinski definition) is 5. The lowest BCUT2D eigenvalue weighted by atomic mass is 10.1. The highest BCUT2D eigenvalue weighted by Crippen LogP contribution is 2.34. The molecule has 31 heavy (non-hydrogen) atoms. The number of aryl methyl sites for hydroxylation is 1. The van der Waals surface area contributed by atoms with E-state index in [4.69, 9.17) is 13.9 Å². The van der Waals surface area contributed by atoms with Gasteiger partial charge in [0.2, 0.25) is 0 Å². The molecule has 0 spiro atoms. The summed E-state index contributed by atoms with van der Waals surface area (Å²) >= 11 is 0. The number of ether oxygens (including phenoxy) is 2. The van der Waals surface area contributed by atoms with E-state index in [2.05, 4.69) is 17.2 Å². The number of nitrogens with zero attached hydrogens (tertiary/aromatic N) is 1. The number of fused-ring (bicyclic) bond motifs is 2. The zero-order chi connectivity index (χ0) is 21.4. The molecule has 0 saturated heterocycles. The Morgan fingerprint density at radius 3 is 2.74 bits per heavy atom. The van der Waals surface area contributed by atoms with Crippen LogP contribution in [0.25, 0.3) is 21.9 Å². The monoisotopic (exact) mass is 416 g/mol. The maximum atomic E-state index is 12.6. The van der Waals surface area contributed by atoms with Crippen LogP contribution in [-0.2, 0) is 0 Å². The molecule has 1 fully saturated rings. The highest BCUT2D eigenvalue weighted by atomic mass is 16.5. The van der Waals surface area contributed by atoms with Crippen molar-refractivity contribution >= 4 is 27.8 Å². The van der Waals surface area contributed by atoms with Gasteiger partial charge in [-0.1, -0.05) is 6.92 Å². The molecule has 158 valence electrons. The molecule has 1 amide bonds. The average Bonchev–Trinajstić information content (AvgIpc) is 3.51. The van der Waals surface area contributed by atoms with Crippen molar-refractivity contribution in [2.24, 2.45) is 0 Å². The first kappa shape index (κ1) is 19.4. The van der Waals surface area contributed by atoms with Crippen molar-refractivity contribution < 1.29 is 18.7 Å². The summed E-state index contributed by atoms with van der Waals surface area (Å²) in [5.41, 5.74) is 2.03. The maximum Gasteiger partial charge on any atom is 0.255 e. The summed E-state index contributed by atoms with van der Waals surface area (Å²) in [6.07, 6.45) is 4.76. The van der Waals surface area contributed by atoms with Crippen LogP contribution in [0, 0.1) is 6.92 Å². The minimum atomic E-state index is -0.0753. The number of carbonyl (C=O) groups is 1. The molecule has 1 aliphatic carbocycles. The Morgan fingerprint density at radius 2 is 1.94 bits per heavy atom. The fraction of sp³-hybridized carbons (Fsp3) is 0.280. The Balaban J connectivity index is 1.43. The van der Waals surface area contributed by atoms with E-state index in [0.29, 0.717) is 41.1 Å². The van der Waals surface area contributed by atoms with Gasteiger partial charge in [0.15, 0.2) is 0 Å². The lowest BCUT2D eigenvalue weighted by molar-refractivity contribution is 0.0951. The van der Waals surface area contributed by atoms with Crippen LogP contribution in [0.4, 0.5) is 0 Å². The summed E-state index contributed by atoms with van der Waals surface area (Å²) in [7, 11) is 0. The second-order valence-corrected chi connectivity index (χ2v) is 7.88. The van der Waals surface area contributed by atoms with Crippen molar-refractivity contribution in [1.82, 2.24) is 10.3 Å². The zero-order valence-corrected chi connectivity index (χ0v) is 17.6. The predicted molar refractivity (Wildman–Crippen MR) is 119 cm³/mol. The first-order valence-corrected chi connectivity index (χ1v) is 10.7. The molecule has 1 saturated carbocycles. The summed E-state index contributed by atoms with van der Waals surface area (Å²) < 4.78 is 17.7. The van der Waals surface area contributed by atoms with E-state index >= 15 is 0 Å². The fourth-order valence-electron chi connectivity index (χ4n) is 3.66. The summed E-state index contributed by atoms with van der Waals surface area (Å²) in [5.74, 6) is 2.66. The lowest BCUT2D eigenvalue weighted by Crippen LogP contribution is -2.25. The van der Waals surface area contributed by atoms with Gasteiger partial charge in [0.1, 0.15) is 28.6 Å². The van der Waals surface area contributed by atoms with Gasteiger partial charge in [0.25, 0.3) is 5.91 Å². The number of rotatable bonds is 7. The standard InChI is InChI=1S/C25H24N2O4/c1-3-12-29-17-6-8-19-21(13-17)26-11-10-22(19)31-18-7-9-20-23(14-18)30-15(2)24(20)25(28)27-16-4-5-16/h6-11,13-14,16H,3-5,12H2,1-2H3,(H,27,28). The van der Waals surface area contributed by atoms with Crippen molar-refractivity contribution in [1.29, 1.82) is 0 Å². The molecular formula is C25H24N2O4. The highest BCUT2D eigenvalue weighted by molar-refractivity contribution is 6.07. The van der Waals surface area contributed by atoms with Gasteiger partial charge in [-0.2, -0.15) is 0 Å². The second kappa shape index (κ2) is 7.95. The maximum absolute atomic E-state index is 12.6. The van der Waals surface area contributed by atoms with Gasteiger partial charge in [-0.25, -0.2) is 0 Å². The van der Waals surface area contributed by atoms with Crippen LogP contribution < -0.4 is 14.8 Å². The Labute approximate surface area is 180 Å². The first-order valence-electron chi connectivity index (χ1n) is 10.7. The van der Waals surface area contributed by atoms with Gasteiger partial charge in [-0.05, 0) is 56.5 Å². The SMILES string of the molecule is CCCOc1ccc2c(Oc3ccc4c(C(=O)NC5CC5)c(C)oc4c3)ccnc2c1. The van der Waals surface area contributed by atoms with E-state index in [-0.39, 0.29) is 5.91 Å². The van der Waals surface area contributed by atoms with Gasteiger partial charge in [0.05, 0.1) is 17.7 Å². The van der Waals surface area contributed by atoms with Crippen molar-refractivity contribution in [2.45, 2.75) is 39.2 Å². The molecule has 1 N–H and O–H groups in total. The van der Waals surface area contributed by atoms with Crippen LogP contribution >= 0.6 is 0 Å². The lowest BCUT2D eigenvalue weighted by Gasteiger charge is -2.10. The molecule has 0 atom stereocenters. The van der Waals surface area contributed by atoms with Crippen LogP contribution in [0.5, 0.6) is 17.2 Å². The third-order valence-corrected chi connectivity index (χ3v) is 5.35. The molecule has 2 heterocycles. The van der Waals surface area contributed by atoms with Crippen molar-refractivity contribution in [3.8, 4) is 17.2 Å². The third-order valence-electron chi connectivity index (χ3n) is 5.35. The van der Waals surface area contributed by atoms with Crippen LogP contribution in [0.2, 0.25) is 0 Å². The van der Waals surface area contributed by atoms with Gasteiger partial charge in [-0.15, -0.1) is 0 Å². The van der Waals surface area contributed by atoms with Crippen LogP contribution in [0.1, 0.15) is 42.3 Å².